The molecule has 17 heavy (non-hydrogen) atoms. The van der Waals surface area contributed by atoms with E-state index in [1.165, 1.54) is 0 Å². The maximum absolute atomic E-state index is 10.1. The van der Waals surface area contributed by atoms with E-state index in [2.05, 4.69) is 5.32 Å². The first kappa shape index (κ1) is 15.4. The van der Waals surface area contributed by atoms with Crippen molar-refractivity contribution in [1.82, 2.24) is 5.32 Å². The lowest BCUT2D eigenvalue weighted by Crippen LogP contribution is -2.29. The number of nitrogens with two attached hydrogens (primary N) is 2. The van der Waals surface area contributed by atoms with E-state index in [1.807, 2.05) is 36.7 Å². The van der Waals surface area contributed by atoms with Crippen LogP contribution < -0.4 is 16.8 Å². The molecule has 0 aromatic rings. The van der Waals surface area contributed by atoms with E-state index in [4.69, 9.17) is 16.6 Å². The van der Waals surface area contributed by atoms with Crippen LogP contribution in [0.4, 0.5) is 0 Å². The van der Waals surface area contributed by atoms with Gasteiger partial charge in [0, 0.05) is 12.4 Å². The van der Waals surface area contributed by atoms with Crippen LogP contribution in [-0.2, 0) is 4.79 Å². The Hall–Kier alpha value is -1.59. The summed E-state index contributed by atoms with van der Waals surface area (Å²) in [6.07, 6.45) is 13.7. The van der Waals surface area contributed by atoms with Crippen molar-refractivity contribution in [2.24, 2.45) is 11.5 Å². The van der Waals surface area contributed by atoms with Gasteiger partial charge in [0.1, 0.15) is 6.04 Å². The standard InChI is InChI=1S/C6H14N2O2.C6H7N/c7-4-2-1-3-5(8)6(9)10;1-2-4-6-7-5-3-1/h5H,1-4,7-8H2,(H,9,10);1-7H. The van der Waals surface area contributed by atoms with Gasteiger partial charge >= 0.3 is 5.97 Å². The number of carboxylic acid groups (broad SMARTS) is 1. The third-order valence-electron chi connectivity index (χ3n) is 2.00. The summed E-state index contributed by atoms with van der Waals surface area (Å²) in [4.78, 5) is 10.1. The van der Waals surface area contributed by atoms with Crippen molar-refractivity contribution in [3.8, 4) is 0 Å². The fraction of sp³-hybridized carbons (Fsp3) is 0.417. The number of nitrogens with one attached hydrogen (secondary N) is 1. The van der Waals surface area contributed by atoms with Gasteiger partial charge in [-0.25, -0.2) is 0 Å². The van der Waals surface area contributed by atoms with Crippen molar-refractivity contribution in [2.45, 2.75) is 25.3 Å². The van der Waals surface area contributed by atoms with Gasteiger partial charge in [0.25, 0.3) is 0 Å². The molecule has 5 nitrogen and oxygen atoms in total. The Morgan fingerprint density at radius 2 is 1.76 bits per heavy atom. The number of carbonyl (C=O) groups is 1. The average Bonchev–Trinajstić information content (AvgIpc) is 2.61. The highest BCUT2D eigenvalue weighted by Crippen LogP contribution is 1.96. The summed E-state index contributed by atoms with van der Waals surface area (Å²) in [5.74, 6) is -0.933. The summed E-state index contributed by atoms with van der Waals surface area (Å²) in [6, 6.07) is -0.716. The highest BCUT2D eigenvalue weighted by Gasteiger charge is 2.09. The zero-order valence-corrected chi connectivity index (χ0v) is 9.88. The van der Waals surface area contributed by atoms with Crippen molar-refractivity contribution in [3.63, 3.8) is 0 Å². The zero-order valence-electron chi connectivity index (χ0n) is 9.88. The molecule has 1 aliphatic heterocycles. The minimum Gasteiger partial charge on any atom is -0.480 e. The Morgan fingerprint density at radius 3 is 2.24 bits per heavy atom. The van der Waals surface area contributed by atoms with Gasteiger partial charge in [-0.1, -0.05) is 18.6 Å². The van der Waals surface area contributed by atoms with Crippen LogP contribution in [0.25, 0.3) is 0 Å². The number of aliphatic carboxylic acids is 1. The molecule has 0 aromatic heterocycles. The minimum absolute atomic E-state index is 0.520. The normalized spacial score (nSPS) is 14.2. The molecule has 1 atom stereocenters. The van der Waals surface area contributed by atoms with Crippen molar-refractivity contribution in [2.75, 3.05) is 6.54 Å². The van der Waals surface area contributed by atoms with Gasteiger partial charge in [0.2, 0.25) is 0 Å². The SMILES string of the molecule is C1=CC=CNC=C1.NCCCCC(N)C(=O)O. The molecule has 6 N–H and O–H groups in total. The molecular formula is C12H21N3O2. The van der Waals surface area contributed by atoms with Crippen LogP contribution in [0.5, 0.6) is 0 Å². The number of rotatable bonds is 5. The Morgan fingerprint density at radius 1 is 1.18 bits per heavy atom. The number of carboxylic acids is 1. The molecule has 0 fully saturated rings. The van der Waals surface area contributed by atoms with Crippen molar-refractivity contribution in [3.05, 3.63) is 36.7 Å². The summed E-state index contributed by atoms with van der Waals surface area (Å²) in [7, 11) is 0. The van der Waals surface area contributed by atoms with Gasteiger partial charge in [0.15, 0.2) is 0 Å². The van der Waals surface area contributed by atoms with E-state index < -0.39 is 12.0 Å². The fourth-order valence-corrected chi connectivity index (χ4v) is 1.04. The highest BCUT2D eigenvalue weighted by atomic mass is 16.4. The van der Waals surface area contributed by atoms with Crippen LogP contribution in [0.3, 0.4) is 0 Å². The van der Waals surface area contributed by atoms with Gasteiger partial charge in [-0.2, -0.15) is 0 Å². The molecule has 0 amide bonds. The summed E-state index contributed by atoms with van der Waals surface area (Å²) in [6.45, 7) is 0.604. The number of unbranched alkanes of at least 4 members (excludes halogenated alkanes) is 1. The Balaban J connectivity index is 0.000000318. The molecule has 1 heterocycles. The monoisotopic (exact) mass is 239 g/mol. The maximum atomic E-state index is 10.1. The van der Waals surface area contributed by atoms with Gasteiger partial charge in [-0.05, 0) is 31.5 Å². The molecule has 1 aliphatic rings. The first-order valence-electron chi connectivity index (χ1n) is 5.61. The quantitative estimate of drug-likeness (QED) is 0.529. The van der Waals surface area contributed by atoms with Gasteiger partial charge in [0.05, 0.1) is 0 Å². The highest BCUT2D eigenvalue weighted by molar-refractivity contribution is 5.72. The molecule has 1 unspecified atom stereocenters. The largest absolute Gasteiger partial charge is 0.480 e. The third kappa shape index (κ3) is 10.7. The van der Waals surface area contributed by atoms with Crippen LogP contribution in [0.1, 0.15) is 19.3 Å². The second-order valence-electron chi connectivity index (χ2n) is 3.50. The van der Waals surface area contributed by atoms with Crippen LogP contribution in [0, 0.1) is 0 Å². The van der Waals surface area contributed by atoms with Gasteiger partial charge in [-0.15, -0.1) is 0 Å². The van der Waals surface area contributed by atoms with Crippen LogP contribution >= 0.6 is 0 Å². The number of hydrogen-bond donors (Lipinski definition) is 4. The molecule has 0 saturated heterocycles. The molecule has 0 spiro atoms. The third-order valence-corrected chi connectivity index (χ3v) is 2.00. The molecule has 1 rings (SSSR count). The lowest BCUT2D eigenvalue weighted by Gasteiger charge is -2.03. The van der Waals surface area contributed by atoms with Crippen LogP contribution in [0.15, 0.2) is 36.7 Å². The first-order valence-corrected chi connectivity index (χ1v) is 5.61. The molecular weight excluding hydrogens is 218 g/mol. The first-order chi connectivity index (χ1) is 8.18. The topological polar surface area (TPSA) is 101 Å². The van der Waals surface area contributed by atoms with Crippen molar-refractivity contribution >= 4 is 5.97 Å². The maximum Gasteiger partial charge on any atom is 0.320 e. The Bertz CT molecular complexity index is 271. The predicted molar refractivity (Wildman–Crippen MR) is 69.1 cm³/mol. The molecule has 96 valence electrons. The Kier molecular flexibility index (Phi) is 9.89. The lowest BCUT2D eigenvalue weighted by atomic mass is 10.1. The van der Waals surface area contributed by atoms with E-state index in [-0.39, 0.29) is 0 Å². The molecule has 0 radical (unpaired) electrons. The van der Waals surface area contributed by atoms with Crippen LogP contribution in [0.2, 0.25) is 0 Å². The van der Waals surface area contributed by atoms with E-state index in [1.54, 1.807) is 0 Å². The Labute approximate surface area is 102 Å². The number of allylic oxidation sites excluding steroid dienone is 4. The lowest BCUT2D eigenvalue weighted by molar-refractivity contribution is -0.138. The van der Waals surface area contributed by atoms with E-state index >= 15 is 0 Å². The molecule has 0 aromatic carbocycles. The van der Waals surface area contributed by atoms with Crippen LogP contribution in [-0.4, -0.2) is 23.7 Å². The van der Waals surface area contributed by atoms with Crippen molar-refractivity contribution in [1.29, 1.82) is 0 Å². The molecule has 0 bridgehead atoms. The summed E-state index contributed by atoms with van der Waals surface area (Å²) >= 11 is 0. The van der Waals surface area contributed by atoms with Gasteiger partial charge < -0.3 is 21.9 Å². The predicted octanol–water partition coefficient (Wildman–Crippen LogP) is 0.701. The summed E-state index contributed by atoms with van der Waals surface area (Å²) < 4.78 is 0. The molecule has 0 aliphatic carbocycles. The summed E-state index contributed by atoms with van der Waals surface area (Å²) in [5.41, 5.74) is 10.4. The summed E-state index contributed by atoms with van der Waals surface area (Å²) in [5, 5.41) is 11.2. The van der Waals surface area contributed by atoms with E-state index in [9.17, 15) is 4.79 Å². The number of hydrogen-bond acceptors (Lipinski definition) is 4. The second kappa shape index (κ2) is 10.9. The molecule has 0 saturated carbocycles. The van der Waals surface area contributed by atoms with E-state index in [0.29, 0.717) is 13.0 Å². The molecule has 5 heteroatoms. The van der Waals surface area contributed by atoms with Gasteiger partial charge in [-0.3, -0.25) is 4.79 Å². The second-order valence-corrected chi connectivity index (χ2v) is 3.50. The zero-order chi connectivity index (χ0) is 12.9. The average molecular weight is 239 g/mol. The fourth-order valence-electron chi connectivity index (χ4n) is 1.04. The smallest absolute Gasteiger partial charge is 0.320 e. The minimum atomic E-state index is -0.933. The van der Waals surface area contributed by atoms with E-state index in [0.717, 1.165) is 12.8 Å². The van der Waals surface area contributed by atoms with Crippen molar-refractivity contribution < 1.29 is 9.90 Å².